The van der Waals surface area contributed by atoms with Crippen molar-refractivity contribution in [2.45, 2.75) is 6.92 Å². The zero-order valence-electron chi connectivity index (χ0n) is 11.2. The molecule has 0 fully saturated rings. The van der Waals surface area contributed by atoms with E-state index in [2.05, 4.69) is 21.2 Å². The van der Waals surface area contributed by atoms with Crippen molar-refractivity contribution in [2.75, 3.05) is 18.2 Å². The summed E-state index contributed by atoms with van der Waals surface area (Å²) in [4.78, 5) is 12.3. The summed E-state index contributed by atoms with van der Waals surface area (Å²) in [5, 5.41) is 2.84. The van der Waals surface area contributed by atoms with E-state index in [9.17, 15) is 4.79 Å². The third-order valence-corrected chi connectivity index (χ3v) is 3.59. The molecule has 0 aliphatic rings. The second kappa shape index (κ2) is 5.96. The Bertz CT molecular complexity index is 656. The maximum atomic E-state index is 12.3. The molecule has 0 saturated heterocycles. The molecule has 0 aliphatic heterocycles. The number of hydrogen-bond acceptors (Lipinski definition) is 3. The number of benzene rings is 2. The van der Waals surface area contributed by atoms with Gasteiger partial charge < -0.3 is 15.8 Å². The number of methoxy groups -OCH3 is 1. The highest BCUT2D eigenvalue weighted by Gasteiger charge is 2.14. The fraction of sp³-hybridized carbons (Fsp3) is 0.133. The molecule has 20 heavy (non-hydrogen) atoms. The predicted octanol–water partition coefficient (Wildman–Crippen LogP) is 3.60. The molecular formula is C15H15BrN2O2. The number of anilines is 2. The van der Waals surface area contributed by atoms with Crippen molar-refractivity contribution in [2.24, 2.45) is 0 Å². The maximum absolute atomic E-state index is 12.3. The van der Waals surface area contributed by atoms with Crippen LogP contribution < -0.4 is 15.8 Å². The number of amides is 1. The number of nitrogen functional groups attached to an aromatic ring is 1. The minimum absolute atomic E-state index is 0.271. The molecule has 2 aromatic rings. The minimum Gasteiger partial charge on any atom is -0.495 e. The highest BCUT2D eigenvalue weighted by atomic mass is 79.9. The van der Waals surface area contributed by atoms with Crippen LogP contribution in [0.1, 0.15) is 15.9 Å². The number of nitrogens with one attached hydrogen (secondary N) is 1. The van der Waals surface area contributed by atoms with E-state index in [0.29, 0.717) is 22.7 Å². The molecule has 0 atom stereocenters. The molecule has 3 N–H and O–H groups in total. The average Bonchev–Trinajstić information content (AvgIpc) is 2.43. The maximum Gasteiger partial charge on any atom is 0.257 e. The van der Waals surface area contributed by atoms with E-state index in [1.54, 1.807) is 18.2 Å². The zero-order valence-corrected chi connectivity index (χ0v) is 12.8. The molecule has 0 aromatic heterocycles. The number of ether oxygens (including phenoxy) is 1. The molecule has 0 spiro atoms. The van der Waals surface area contributed by atoms with Crippen LogP contribution in [0.25, 0.3) is 0 Å². The topological polar surface area (TPSA) is 64.3 Å². The van der Waals surface area contributed by atoms with Gasteiger partial charge in [0.25, 0.3) is 5.91 Å². The van der Waals surface area contributed by atoms with E-state index in [1.165, 1.54) is 7.11 Å². The van der Waals surface area contributed by atoms with Gasteiger partial charge in [0.1, 0.15) is 5.75 Å². The summed E-state index contributed by atoms with van der Waals surface area (Å²) in [5.41, 5.74) is 8.40. The van der Waals surface area contributed by atoms with Crippen molar-refractivity contribution >= 4 is 33.2 Å². The van der Waals surface area contributed by atoms with Gasteiger partial charge in [-0.15, -0.1) is 0 Å². The second-order valence-electron chi connectivity index (χ2n) is 4.36. The molecule has 0 bridgehead atoms. The van der Waals surface area contributed by atoms with Crippen LogP contribution in [0.5, 0.6) is 5.75 Å². The second-order valence-corrected chi connectivity index (χ2v) is 5.21. The Morgan fingerprint density at radius 3 is 2.75 bits per heavy atom. The van der Waals surface area contributed by atoms with E-state index in [1.807, 2.05) is 25.1 Å². The molecule has 0 radical (unpaired) electrons. The molecule has 4 nitrogen and oxygen atoms in total. The quantitative estimate of drug-likeness (QED) is 0.843. The smallest absolute Gasteiger partial charge is 0.257 e. The third-order valence-electron chi connectivity index (χ3n) is 2.90. The van der Waals surface area contributed by atoms with Crippen LogP contribution in [0.2, 0.25) is 0 Å². The van der Waals surface area contributed by atoms with Gasteiger partial charge >= 0.3 is 0 Å². The van der Waals surface area contributed by atoms with Crippen LogP contribution >= 0.6 is 15.9 Å². The SMILES string of the molecule is COc1cccc(C(=O)Nc2cc(C)ccc2Br)c1N. The Hall–Kier alpha value is -2.01. The highest BCUT2D eigenvalue weighted by molar-refractivity contribution is 9.10. The van der Waals surface area contributed by atoms with Gasteiger partial charge in [0, 0.05) is 4.47 Å². The van der Waals surface area contributed by atoms with Gasteiger partial charge in [0.2, 0.25) is 0 Å². The number of hydrogen-bond donors (Lipinski definition) is 2. The summed E-state index contributed by atoms with van der Waals surface area (Å²) in [6, 6.07) is 10.8. The van der Waals surface area contributed by atoms with Gasteiger partial charge in [0.15, 0.2) is 0 Å². The van der Waals surface area contributed by atoms with Gasteiger partial charge in [0.05, 0.1) is 24.0 Å². The fourth-order valence-corrected chi connectivity index (χ4v) is 2.19. The molecule has 0 saturated carbocycles. The first kappa shape index (κ1) is 14.4. The van der Waals surface area contributed by atoms with E-state index in [0.717, 1.165) is 10.0 Å². The molecule has 0 aliphatic carbocycles. The van der Waals surface area contributed by atoms with E-state index >= 15 is 0 Å². The first-order valence-electron chi connectivity index (χ1n) is 6.03. The number of carbonyl (C=O) groups is 1. The van der Waals surface area contributed by atoms with Crippen LogP contribution in [-0.2, 0) is 0 Å². The molecule has 2 aromatic carbocycles. The van der Waals surface area contributed by atoms with Crippen molar-refractivity contribution in [3.63, 3.8) is 0 Å². The fourth-order valence-electron chi connectivity index (χ4n) is 1.84. The molecule has 0 heterocycles. The summed E-state index contributed by atoms with van der Waals surface area (Å²) >= 11 is 3.41. The lowest BCUT2D eigenvalue weighted by molar-refractivity contribution is 0.102. The van der Waals surface area contributed by atoms with Crippen molar-refractivity contribution < 1.29 is 9.53 Å². The molecule has 104 valence electrons. The van der Waals surface area contributed by atoms with Crippen molar-refractivity contribution in [1.29, 1.82) is 0 Å². The summed E-state index contributed by atoms with van der Waals surface area (Å²) in [6.07, 6.45) is 0. The summed E-state index contributed by atoms with van der Waals surface area (Å²) in [5.74, 6) is 0.216. The lowest BCUT2D eigenvalue weighted by Crippen LogP contribution is -2.15. The number of rotatable bonds is 3. The van der Waals surface area contributed by atoms with Crippen LogP contribution in [-0.4, -0.2) is 13.0 Å². The first-order valence-corrected chi connectivity index (χ1v) is 6.82. The number of carbonyl (C=O) groups excluding carboxylic acids is 1. The number of para-hydroxylation sites is 1. The number of aryl methyl sites for hydroxylation is 1. The highest BCUT2D eigenvalue weighted by Crippen LogP contribution is 2.27. The lowest BCUT2D eigenvalue weighted by atomic mass is 10.1. The van der Waals surface area contributed by atoms with Gasteiger partial charge in [-0.25, -0.2) is 0 Å². The van der Waals surface area contributed by atoms with Gasteiger partial charge in [-0.05, 0) is 52.7 Å². The van der Waals surface area contributed by atoms with Crippen molar-refractivity contribution in [3.8, 4) is 5.75 Å². The Kier molecular flexibility index (Phi) is 4.29. The standard InChI is InChI=1S/C15H15BrN2O2/c1-9-6-7-11(16)12(8-9)18-15(19)10-4-3-5-13(20-2)14(10)17/h3-8H,17H2,1-2H3,(H,18,19). The first-order chi connectivity index (χ1) is 9.52. The van der Waals surface area contributed by atoms with Crippen molar-refractivity contribution in [3.05, 3.63) is 52.0 Å². The van der Waals surface area contributed by atoms with Crippen LogP contribution in [0.3, 0.4) is 0 Å². The van der Waals surface area contributed by atoms with Crippen molar-refractivity contribution in [1.82, 2.24) is 0 Å². The minimum atomic E-state index is -0.271. The summed E-state index contributed by atoms with van der Waals surface area (Å²) < 4.78 is 5.93. The Morgan fingerprint density at radius 2 is 2.05 bits per heavy atom. The predicted molar refractivity (Wildman–Crippen MR) is 84.2 cm³/mol. The average molecular weight is 335 g/mol. The number of nitrogens with two attached hydrogens (primary N) is 1. The van der Waals surface area contributed by atoms with Crippen LogP contribution in [0, 0.1) is 6.92 Å². The van der Waals surface area contributed by atoms with Crippen LogP contribution in [0.15, 0.2) is 40.9 Å². The summed E-state index contributed by atoms with van der Waals surface area (Å²) in [6.45, 7) is 1.96. The Balaban J connectivity index is 2.31. The molecule has 5 heteroatoms. The number of halogens is 1. The Morgan fingerprint density at radius 1 is 1.30 bits per heavy atom. The Labute approximate surface area is 126 Å². The summed E-state index contributed by atoms with van der Waals surface area (Å²) in [7, 11) is 1.52. The van der Waals surface area contributed by atoms with E-state index in [4.69, 9.17) is 10.5 Å². The van der Waals surface area contributed by atoms with E-state index in [-0.39, 0.29) is 5.91 Å². The van der Waals surface area contributed by atoms with Gasteiger partial charge in [-0.1, -0.05) is 12.1 Å². The van der Waals surface area contributed by atoms with Gasteiger partial charge in [-0.3, -0.25) is 4.79 Å². The van der Waals surface area contributed by atoms with Gasteiger partial charge in [-0.2, -0.15) is 0 Å². The molecule has 0 unspecified atom stereocenters. The van der Waals surface area contributed by atoms with Crippen LogP contribution in [0.4, 0.5) is 11.4 Å². The largest absolute Gasteiger partial charge is 0.495 e. The lowest BCUT2D eigenvalue weighted by Gasteiger charge is -2.12. The zero-order chi connectivity index (χ0) is 14.7. The third kappa shape index (κ3) is 2.93. The molecule has 2 rings (SSSR count). The molecule has 1 amide bonds. The van der Waals surface area contributed by atoms with E-state index < -0.39 is 0 Å². The monoisotopic (exact) mass is 334 g/mol. The normalized spacial score (nSPS) is 10.2. The molecular weight excluding hydrogens is 320 g/mol.